The predicted octanol–water partition coefficient (Wildman–Crippen LogP) is 4.07. The standard InChI is InChI=1S/C13H14FNS2/c1-9(15)13(10-6-7-16-8-10)17-12-5-3-2-4-11(12)14/h2-9,13H,15H2,1H3. The van der Waals surface area contributed by atoms with Crippen LogP contribution >= 0.6 is 23.1 Å². The van der Waals surface area contributed by atoms with Crippen LogP contribution in [0.3, 0.4) is 0 Å². The normalized spacial score (nSPS) is 14.5. The van der Waals surface area contributed by atoms with Gasteiger partial charge in [-0.3, -0.25) is 0 Å². The van der Waals surface area contributed by atoms with Crippen molar-refractivity contribution in [1.29, 1.82) is 0 Å². The molecule has 1 nitrogen and oxygen atoms in total. The molecule has 0 spiro atoms. The molecule has 0 bridgehead atoms. The van der Waals surface area contributed by atoms with E-state index >= 15 is 0 Å². The summed E-state index contributed by atoms with van der Waals surface area (Å²) in [4.78, 5) is 0.654. The molecule has 2 aromatic rings. The minimum atomic E-state index is -0.182. The molecule has 0 saturated carbocycles. The van der Waals surface area contributed by atoms with Crippen molar-refractivity contribution in [3.63, 3.8) is 0 Å². The first-order chi connectivity index (χ1) is 8.18. The fourth-order valence-electron chi connectivity index (χ4n) is 1.59. The van der Waals surface area contributed by atoms with Gasteiger partial charge in [-0.05, 0) is 41.4 Å². The molecule has 2 unspecified atom stereocenters. The second-order valence-electron chi connectivity index (χ2n) is 3.88. The van der Waals surface area contributed by atoms with E-state index in [-0.39, 0.29) is 17.1 Å². The minimum absolute atomic E-state index is 0.0193. The van der Waals surface area contributed by atoms with Gasteiger partial charge in [-0.25, -0.2) is 4.39 Å². The van der Waals surface area contributed by atoms with Gasteiger partial charge < -0.3 is 5.73 Å². The summed E-state index contributed by atoms with van der Waals surface area (Å²) in [6, 6.07) is 8.85. The molecule has 2 N–H and O–H groups in total. The van der Waals surface area contributed by atoms with Crippen molar-refractivity contribution in [1.82, 2.24) is 0 Å². The maximum Gasteiger partial charge on any atom is 0.136 e. The van der Waals surface area contributed by atoms with Gasteiger partial charge in [-0.1, -0.05) is 12.1 Å². The Labute approximate surface area is 109 Å². The lowest BCUT2D eigenvalue weighted by Gasteiger charge is -2.19. The number of rotatable bonds is 4. The van der Waals surface area contributed by atoms with Gasteiger partial charge in [-0.2, -0.15) is 11.3 Å². The van der Waals surface area contributed by atoms with Crippen molar-refractivity contribution in [2.75, 3.05) is 0 Å². The Morgan fingerprint density at radius 2 is 2.06 bits per heavy atom. The number of nitrogens with two attached hydrogens (primary N) is 1. The molecular formula is C13H14FNS2. The highest BCUT2D eigenvalue weighted by molar-refractivity contribution is 7.99. The summed E-state index contributed by atoms with van der Waals surface area (Å²) < 4.78 is 13.6. The largest absolute Gasteiger partial charge is 0.327 e. The van der Waals surface area contributed by atoms with Crippen molar-refractivity contribution in [3.05, 3.63) is 52.5 Å². The van der Waals surface area contributed by atoms with Crippen LogP contribution < -0.4 is 5.73 Å². The molecule has 1 aromatic heterocycles. The Morgan fingerprint density at radius 1 is 1.29 bits per heavy atom. The monoisotopic (exact) mass is 267 g/mol. The fourth-order valence-corrected chi connectivity index (χ4v) is 3.48. The minimum Gasteiger partial charge on any atom is -0.327 e. The molecule has 90 valence electrons. The van der Waals surface area contributed by atoms with E-state index < -0.39 is 0 Å². The zero-order valence-corrected chi connectivity index (χ0v) is 11.1. The number of thioether (sulfide) groups is 1. The second kappa shape index (κ2) is 5.67. The van der Waals surface area contributed by atoms with Gasteiger partial charge >= 0.3 is 0 Å². The lowest BCUT2D eigenvalue weighted by atomic mass is 10.1. The van der Waals surface area contributed by atoms with Gasteiger partial charge in [0.15, 0.2) is 0 Å². The highest BCUT2D eigenvalue weighted by Crippen LogP contribution is 2.38. The Balaban J connectivity index is 2.23. The van der Waals surface area contributed by atoms with Crippen molar-refractivity contribution in [3.8, 4) is 0 Å². The third-order valence-corrected chi connectivity index (χ3v) is 4.68. The van der Waals surface area contributed by atoms with E-state index in [1.807, 2.05) is 24.4 Å². The first-order valence-corrected chi connectivity index (χ1v) is 7.19. The van der Waals surface area contributed by atoms with E-state index in [2.05, 4.69) is 5.38 Å². The molecular weight excluding hydrogens is 253 g/mol. The molecule has 0 saturated heterocycles. The Bertz CT molecular complexity index is 468. The average Bonchev–Trinajstić information content (AvgIpc) is 2.81. The summed E-state index contributed by atoms with van der Waals surface area (Å²) in [6.45, 7) is 1.95. The molecule has 17 heavy (non-hydrogen) atoms. The number of hydrogen-bond acceptors (Lipinski definition) is 3. The van der Waals surface area contributed by atoms with Gasteiger partial charge in [-0.15, -0.1) is 11.8 Å². The van der Waals surface area contributed by atoms with Crippen molar-refractivity contribution < 1.29 is 4.39 Å². The van der Waals surface area contributed by atoms with Gasteiger partial charge in [0, 0.05) is 10.9 Å². The van der Waals surface area contributed by atoms with Gasteiger partial charge in [0.25, 0.3) is 0 Å². The predicted molar refractivity (Wildman–Crippen MR) is 73.0 cm³/mol. The molecule has 0 fully saturated rings. The fraction of sp³-hybridized carbons (Fsp3) is 0.231. The van der Waals surface area contributed by atoms with Gasteiger partial charge in [0.05, 0.1) is 5.25 Å². The molecule has 0 amide bonds. The first kappa shape index (κ1) is 12.6. The first-order valence-electron chi connectivity index (χ1n) is 5.37. The number of thiophene rings is 1. The number of halogens is 1. The summed E-state index contributed by atoms with van der Waals surface area (Å²) in [6.07, 6.45) is 0. The van der Waals surface area contributed by atoms with Crippen molar-refractivity contribution >= 4 is 23.1 Å². The highest BCUT2D eigenvalue weighted by Gasteiger charge is 2.19. The molecule has 1 heterocycles. The average molecular weight is 267 g/mol. The van der Waals surface area contributed by atoms with E-state index in [0.717, 1.165) is 0 Å². The smallest absolute Gasteiger partial charge is 0.136 e. The van der Waals surface area contributed by atoms with Crippen molar-refractivity contribution in [2.24, 2.45) is 5.73 Å². The third kappa shape index (κ3) is 3.09. The summed E-state index contributed by atoms with van der Waals surface area (Å²) in [5.41, 5.74) is 7.15. The maximum absolute atomic E-state index is 13.6. The molecule has 0 aliphatic carbocycles. The molecule has 2 atom stereocenters. The number of benzene rings is 1. The zero-order valence-electron chi connectivity index (χ0n) is 9.47. The lowest BCUT2D eigenvalue weighted by molar-refractivity contribution is 0.600. The van der Waals surface area contributed by atoms with Crippen LogP contribution in [-0.4, -0.2) is 6.04 Å². The summed E-state index contributed by atoms with van der Waals surface area (Å²) >= 11 is 3.13. The van der Waals surface area contributed by atoms with Crippen LogP contribution in [0.4, 0.5) is 4.39 Å². The second-order valence-corrected chi connectivity index (χ2v) is 5.85. The quantitative estimate of drug-likeness (QED) is 0.845. The van der Waals surface area contributed by atoms with Crippen LogP contribution in [0.15, 0.2) is 46.0 Å². The molecule has 0 aliphatic rings. The Kier molecular flexibility index (Phi) is 4.20. The van der Waals surface area contributed by atoms with Crippen LogP contribution in [0, 0.1) is 5.82 Å². The van der Waals surface area contributed by atoms with E-state index in [1.165, 1.54) is 23.4 Å². The molecule has 1 aromatic carbocycles. The molecule has 0 radical (unpaired) electrons. The summed E-state index contributed by atoms with van der Waals surface area (Å²) in [5, 5.41) is 4.19. The SMILES string of the molecule is CC(N)C(Sc1ccccc1F)c1ccsc1. The van der Waals surface area contributed by atoms with E-state index in [9.17, 15) is 4.39 Å². The Morgan fingerprint density at radius 3 is 2.65 bits per heavy atom. The molecule has 2 rings (SSSR count). The number of hydrogen-bond donors (Lipinski definition) is 1. The third-order valence-electron chi connectivity index (χ3n) is 2.44. The maximum atomic E-state index is 13.6. The zero-order chi connectivity index (χ0) is 12.3. The van der Waals surface area contributed by atoms with E-state index in [0.29, 0.717) is 4.90 Å². The summed E-state index contributed by atoms with van der Waals surface area (Å²) in [5.74, 6) is -0.182. The Hall–Kier alpha value is -0.840. The van der Waals surface area contributed by atoms with Crippen LogP contribution in [0.5, 0.6) is 0 Å². The molecule has 4 heteroatoms. The molecule has 0 aliphatic heterocycles. The van der Waals surface area contributed by atoms with E-state index in [1.54, 1.807) is 23.5 Å². The van der Waals surface area contributed by atoms with Crippen LogP contribution in [0.25, 0.3) is 0 Å². The van der Waals surface area contributed by atoms with Crippen LogP contribution in [-0.2, 0) is 0 Å². The van der Waals surface area contributed by atoms with Crippen molar-refractivity contribution in [2.45, 2.75) is 23.1 Å². The topological polar surface area (TPSA) is 26.0 Å². The highest BCUT2D eigenvalue weighted by atomic mass is 32.2. The van der Waals surface area contributed by atoms with Gasteiger partial charge in [0.2, 0.25) is 0 Å². The summed E-state index contributed by atoms with van der Waals surface area (Å²) in [7, 11) is 0. The van der Waals surface area contributed by atoms with Crippen LogP contribution in [0.1, 0.15) is 17.7 Å². The van der Waals surface area contributed by atoms with Gasteiger partial charge in [0.1, 0.15) is 5.82 Å². The van der Waals surface area contributed by atoms with E-state index in [4.69, 9.17) is 5.73 Å². The lowest BCUT2D eigenvalue weighted by Crippen LogP contribution is -2.22. The van der Waals surface area contributed by atoms with Crippen LogP contribution in [0.2, 0.25) is 0 Å².